The molecule has 404 valence electrons. The molecule has 0 aliphatic heterocycles. The molecule has 3 nitrogen and oxygen atoms in total. The first-order chi connectivity index (χ1) is 40.1. The molecule has 3 heterocycles. The fraction of sp³-hybridized carbons (Fsp3) is 0.127. The summed E-state index contributed by atoms with van der Waals surface area (Å²) in [6.45, 7) is 10.9. The zero-order valence-electron chi connectivity index (χ0n) is 47.7. The van der Waals surface area contributed by atoms with Gasteiger partial charge in [-0.2, -0.15) is 0 Å². The van der Waals surface area contributed by atoms with Crippen molar-refractivity contribution in [3.63, 3.8) is 0 Å². The van der Waals surface area contributed by atoms with Crippen LogP contribution in [0.2, 0.25) is 0 Å². The molecular weight excluding hydrogens is 1180 g/mol. The number of hydrogen-bond donors (Lipinski definition) is 0. The first kappa shape index (κ1) is 56.0. The molecule has 0 spiro atoms. The average molecular weight is 1250 g/mol. The van der Waals surface area contributed by atoms with Gasteiger partial charge < -0.3 is 15.0 Å². The molecule has 0 N–H and O–H groups in total. The Kier molecular flexibility index (Phi) is 16.9. The maximum absolute atomic E-state index is 4.92. The van der Waals surface area contributed by atoms with Gasteiger partial charge in [0.15, 0.2) is 0 Å². The second-order valence-corrected chi connectivity index (χ2v) is 22.6. The molecule has 0 saturated carbocycles. The van der Waals surface area contributed by atoms with Crippen molar-refractivity contribution in [1.29, 1.82) is 0 Å². The van der Waals surface area contributed by atoms with Gasteiger partial charge >= 0.3 is 20.1 Å². The van der Waals surface area contributed by atoms with E-state index in [0.717, 1.165) is 92.8 Å². The average Bonchev–Trinajstić information content (AvgIpc) is 3.72. The molecule has 0 amide bonds. The number of aryl methyl sites for hydroxylation is 6. The molecule has 3 aromatic heterocycles. The summed E-state index contributed by atoms with van der Waals surface area (Å²) in [4.78, 5) is 14.5. The van der Waals surface area contributed by atoms with E-state index in [4.69, 9.17) is 15.0 Å². The van der Waals surface area contributed by atoms with Gasteiger partial charge in [-0.05, 0) is 122 Å². The zero-order valence-corrected chi connectivity index (χ0v) is 50.1. The Morgan fingerprint density at radius 1 is 0.337 bits per heavy atom. The van der Waals surface area contributed by atoms with E-state index >= 15 is 0 Å². The minimum atomic E-state index is -0.0284. The molecule has 0 fully saturated rings. The Morgan fingerprint density at radius 3 is 1.30 bits per heavy atom. The Morgan fingerprint density at radius 2 is 0.783 bits per heavy atom. The summed E-state index contributed by atoms with van der Waals surface area (Å²) in [5.74, 6) is 0. The van der Waals surface area contributed by atoms with Crippen LogP contribution in [-0.4, -0.2) is 15.0 Å². The summed E-state index contributed by atoms with van der Waals surface area (Å²) in [5.41, 5.74) is 28.3. The van der Waals surface area contributed by atoms with Gasteiger partial charge in [-0.3, -0.25) is 0 Å². The van der Waals surface area contributed by atoms with Crippen LogP contribution in [0.1, 0.15) is 59.7 Å². The molecule has 0 unspecified atom stereocenters. The van der Waals surface area contributed by atoms with E-state index in [1.54, 1.807) is 0 Å². The smallest absolute Gasteiger partial charge is 0.305 e. The molecule has 9 aromatic carbocycles. The van der Waals surface area contributed by atoms with Crippen LogP contribution in [0.25, 0.3) is 101 Å². The van der Waals surface area contributed by atoms with Gasteiger partial charge in [0.2, 0.25) is 0 Å². The number of hydrogen-bond acceptors (Lipinski definition) is 3. The molecule has 83 heavy (non-hydrogen) atoms. The van der Waals surface area contributed by atoms with E-state index in [1.165, 1.54) is 72.3 Å². The van der Waals surface area contributed by atoms with Gasteiger partial charge in [0.25, 0.3) is 0 Å². The SMILES string of the molecule is Cc1ccc(-c2[c-]cc(CCc3cc(CCc4c[c-]c(-c5ccc(C)cn5)cc4-c4ccccc4)cc(-c4ccccc4-c4c[c-]c(-c5cc(C(C)(C)C)ccn5)cc4-c4ccc(-c5ccccc5)cc4)c3)c(-c3ccccc3)c2)nc1.[Ir+3]. The summed E-state index contributed by atoms with van der Waals surface area (Å²) in [6, 6.07) is 94.6. The van der Waals surface area contributed by atoms with Crippen LogP contribution >= 0.6 is 0 Å². The van der Waals surface area contributed by atoms with Gasteiger partial charge in [-0.25, -0.2) is 0 Å². The van der Waals surface area contributed by atoms with Gasteiger partial charge in [0.1, 0.15) is 0 Å². The number of nitrogens with zero attached hydrogens (tertiary/aromatic N) is 3. The van der Waals surface area contributed by atoms with Crippen LogP contribution in [0.15, 0.2) is 249 Å². The molecule has 0 saturated heterocycles. The molecular formula is C79H64IrN3. The van der Waals surface area contributed by atoms with E-state index < -0.39 is 0 Å². The minimum Gasteiger partial charge on any atom is -0.305 e. The Labute approximate surface area is 504 Å². The minimum absolute atomic E-state index is 0. The topological polar surface area (TPSA) is 38.7 Å². The van der Waals surface area contributed by atoms with Crippen LogP contribution in [-0.2, 0) is 51.2 Å². The first-order valence-electron chi connectivity index (χ1n) is 28.5. The summed E-state index contributed by atoms with van der Waals surface area (Å²) in [5, 5.41) is 0. The fourth-order valence-electron chi connectivity index (χ4n) is 11.1. The molecule has 0 radical (unpaired) electrons. The molecule has 0 aliphatic rings. The van der Waals surface area contributed by atoms with Crippen LogP contribution in [0.5, 0.6) is 0 Å². The normalized spacial score (nSPS) is 11.3. The molecule has 4 heteroatoms. The van der Waals surface area contributed by atoms with Gasteiger partial charge in [0, 0.05) is 18.6 Å². The third-order valence-electron chi connectivity index (χ3n) is 15.7. The molecule has 12 aromatic rings. The van der Waals surface area contributed by atoms with E-state index in [0.29, 0.717) is 0 Å². The van der Waals surface area contributed by atoms with Crippen molar-refractivity contribution in [2.75, 3.05) is 0 Å². The Balaban J connectivity index is 0.00000721. The van der Waals surface area contributed by atoms with Crippen LogP contribution < -0.4 is 0 Å². The van der Waals surface area contributed by atoms with Crippen molar-refractivity contribution >= 4 is 0 Å². The van der Waals surface area contributed by atoms with Gasteiger partial charge in [-0.15, -0.1) is 82.4 Å². The monoisotopic (exact) mass is 1250 g/mol. The van der Waals surface area contributed by atoms with E-state index in [1.807, 2.05) is 18.6 Å². The molecule has 12 rings (SSSR count). The molecule has 0 atom stereocenters. The predicted molar refractivity (Wildman–Crippen MR) is 341 cm³/mol. The van der Waals surface area contributed by atoms with Crippen molar-refractivity contribution < 1.29 is 20.1 Å². The number of benzene rings is 9. The van der Waals surface area contributed by atoms with Crippen molar-refractivity contribution in [3.05, 3.63) is 306 Å². The second kappa shape index (κ2) is 25.1. The number of aromatic nitrogens is 3. The number of rotatable bonds is 15. The van der Waals surface area contributed by atoms with Crippen molar-refractivity contribution in [3.8, 4) is 101 Å². The van der Waals surface area contributed by atoms with Crippen molar-refractivity contribution in [2.24, 2.45) is 0 Å². The third kappa shape index (κ3) is 12.9. The zero-order chi connectivity index (χ0) is 56.0. The van der Waals surface area contributed by atoms with Crippen LogP contribution in [0.3, 0.4) is 0 Å². The maximum Gasteiger partial charge on any atom is 3.00 e. The summed E-state index contributed by atoms with van der Waals surface area (Å²) < 4.78 is 0. The predicted octanol–water partition coefficient (Wildman–Crippen LogP) is 19.8. The summed E-state index contributed by atoms with van der Waals surface area (Å²) in [6.07, 6.45) is 9.13. The first-order valence-corrected chi connectivity index (χ1v) is 28.5. The van der Waals surface area contributed by atoms with E-state index in [9.17, 15) is 0 Å². The van der Waals surface area contributed by atoms with Crippen molar-refractivity contribution in [2.45, 2.75) is 65.7 Å². The quantitative estimate of drug-likeness (QED) is 0.0960. The maximum atomic E-state index is 4.92. The molecule has 0 bridgehead atoms. The Hall–Kier alpha value is -8.92. The van der Waals surface area contributed by atoms with Gasteiger partial charge in [0.05, 0.1) is 0 Å². The van der Waals surface area contributed by atoms with Crippen molar-refractivity contribution in [1.82, 2.24) is 15.0 Å². The van der Waals surface area contributed by atoms with Crippen LogP contribution in [0.4, 0.5) is 0 Å². The van der Waals surface area contributed by atoms with E-state index in [-0.39, 0.29) is 25.5 Å². The second-order valence-electron chi connectivity index (χ2n) is 22.6. The Bertz CT molecular complexity index is 4010. The summed E-state index contributed by atoms with van der Waals surface area (Å²) in [7, 11) is 0. The summed E-state index contributed by atoms with van der Waals surface area (Å²) >= 11 is 0. The fourth-order valence-corrected chi connectivity index (χ4v) is 11.1. The van der Waals surface area contributed by atoms with E-state index in [2.05, 4.69) is 283 Å². The third-order valence-corrected chi connectivity index (χ3v) is 15.7. The largest absolute Gasteiger partial charge is 3.00 e. The van der Waals surface area contributed by atoms with Gasteiger partial charge in [-0.1, -0.05) is 249 Å². The molecule has 0 aliphatic carbocycles. The van der Waals surface area contributed by atoms with Crippen LogP contribution in [0, 0.1) is 32.0 Å². The number of pyridine rings is 3. The standard InChI is InChI=1S/C79H64N3.Ir/c1-54-25-41-76(81-52-54)65-37-35-62(73(48-65)60-19-11-7-12-20-60)29-27-56-45-57(28-30-63-36-38-66(77-42-26-55(2)53-82-77)49-74(63)61-21-13-8-14-22-61)47-68(46-56)70-23-15-16-24-71(70)72-40-39-67(78-51-69(43-44-80-78)79(3,4)5)50-75(72)64-33-31-59(32-34-64)58-17-9-6-10-18-58;/h6-26,31-36,40-53H,27-30H2,1-5H3;/q-3;+3.